The fourth-order valence-electron chi connectivity index (χ4n) is 4.62. The first-order chi connectivity index (χ1) is 7.56. The molecule has 0 aliphatic heterocycles. The van der Waals surface area contributed by atoms with Crippen LogP contribution in [-0.2, 0) is 4.79 Å². The standard InChI is InChI=1S/C13H20ClNO/c1-8(14)12(16)15-13-5-9-2-10(6-13)4-11(3-9)7-13/h8-11H,2-7H2,1H3,(H,15,16)/t8-,9?,10?,11?,13?/m0/s1. The maximum Gasteiger partial charge on any atom is 0.238 e. The number of alkyl halides is 1. The van der Waals surface area contributed by atoms with Gasteiger partial charge in [0.05, 0.1) is 0 Å². The van der Waals surface area contributed by atoms with Gasteiger partial charge in [-0.05, 0) is 63.2 Å². The summed E-state index contributed by atoms with van der Waals surface area (Å²) in [5, 5.41) is 2.86. The minimum absolute atomic E-state index is 0.0311. The average molecular weight is 242 g/mol. The van der Waals surface area contributed by atoms with Crippen molar-refractivity contribution in [1.29, 1.82) is 0 Å². The van der Waals surface area contributed by atoms with Crippen molar-refractivity contribution in [3.05, 3.63) is 0 Å². The molecule has 1 atom stereocenters. The third kappa shape index (κ3) is 1.75. The molecule has 0 spiro atoms. The van der Waals surface area contributed by atoms with Gasteiger partial charge in [0.2, 0.25) is 5.91 Å². The van der Waals surface area contributed by atoms with Crippen LogP contribution in [-0.4, -0.2) is 16.8 Å². The molecular formula is C13H20ClNO. The van der Waals surface area contributed by atoms with Gasteiger partial charge in [0.1, 0.15) is 5.38 Å². The molecule has 16 heavy (non-hydrogen) atoms. The van der Waals surface area contributed by atoms with Crippen LogP contribution >= 0.6 is 11.6 Å². The summed E-state index contributed by atoms with van der Waals surface area (Å²) >= 11 is 5.86. The van der Waals surface area contributed by atoms with Crippen LogP contribution in [0.2, 0.25) is 0 Å². The van der Waals surface area contributed by atoms with Gasteiger partial charge < -0.3 is 5.32 Å². The summed E-state index contributed by atoms with van der Waals surface area (Å²) in [5.41, 5.74) is 0.120. The van der Waals surface area contributed by atoms with Crippen molar-refractivity contribution in [2.75, 3.05) is 0 Å². The topological polar surface area (TPSA) is 29.1 Å². The lowest BCUT2D eigenvalue weighted by molar-refractivity contribution is -0.126. The van der Waals surface area contributed by atoms with E-state index in [9.17, 15) is 4.79 Å². The van der Waals surface area contributed by atoms with E-state index >= 15 is 0 Å². The van der Waals surface area contributed by atoms with Crippen LogP contribution in [0.3, 0.4) is 0 Å². The maximum absolute atomic E-state index is 11.8. The fraction of sp³-hybridized carbons (Fsp3) is 0.923. The van der Waals surface area contributed by atoms with Crippen LogP contribution in [0.4, 0.5) is 0 Å². The first-order valence-electron chi connectivity index (χ1n) is 6.52. The number of hydrogen-bond donors (Lipinski definition) is 1. The number of rotatable bonds is 2. The zero-order chi connectivity index (χ0) is 11.3. The van der Waals surface area contributed by atoms with Crippen molar-refractivity contribution in [3.8, 4) is 0 Å². The van der Waals surface area contributed by atoms with Crippen LogP contribution in [0, 0.1) is 17.8 Å². The monoisotopic (exact) mass is 241 g/mol. The fourth-order valence-corrected chi connectivity index (χ4v) is 4.68. The molecule has 4 bridgehead atoms. The third-order valence-corrected chi connectivity index (χ3v) is 4.99. The first-order valence-corrected chi connectivity index (χ1v) is 6.96. The van der Waals surface area contributed by atoms with Crippen LogP contribution < -0.4 is 5.32 Å². The molecule has 1 N–H and O–H groups in total. The lowest BCUT2D eigenvalue weighted by Gasteiger charge is -2.57. The van der Waals surface area contributed by atoms with Crippen molar-refractivity contribution < 1.29 is 4.79 Å². The van der Waals surface area contributed by atoms with Crippen LogP contribution in [0.1, 0.15) is 45.4 Å². The Morgan fingerprint density at radius 3 is 2.00 bits per heavy atom. The predicted molar refractivity (Wildman–Crippen MR) is 64.4 cm³/mol. The second kappa shape index (κ2) is 3.63. The van der Waals surface area contributed by atoms with Gasteiger partial charge in [-0.1, -0.05) is 0 Å². The summed E-state index contributed by atoms with van der Waals surface area (Å²) in [6, 6.07) is 0. The summed E-state index contributed by atoms with van der Waals surface area (Å²) in [6.07, 6.45) is 7.83. The first kappa shape index (κ1) is 10.9. The lowest BCUT2D eigenvalue weighted by Crippen LogP contribution is -2.60. The zero-order valence-electron chi connectivity index (χ0n) is 9.84. The second-order valence-corrected chi connectivity index (χ2v) is 6.96. The average Bonchev–Trinajstić information content (AvgIpc) is 2.13. The Morgan fingerprint density at radius 1 is 1.19 bits per heavy atom. The van der Waals surface area contributed by atoms with Gasteiger partial charge in [0.15, 0.2) is 0 Å². The lowest BCUT2D eigenvalue weighted by atomic mass is 9.53. The molecule has 4 aliphatic rings. The molecule has 0 saturated heterocycles. The van der Waals surface area contributed by atoms with E-state index in [1.165, 1.54) is 38.5 Å². The van der Waals surface area contributed by atoms with Gasteiger partial charge in [-0.2, -0.15) is 0 Å². The van der Waals surface area contributed by atoms with Gasteiger partial charge >= 0.3 is 0 Å². The van der Waals surface area contributed by atoms with Crippen LogP contribution in [0.15, 0.2) is 0 Å². The minimum atomic E-state index is -0.395. The molecule has 90 valence electrons. The Balaban J connectivity index is 1.76. The molecule has 0 heterocycles. The van der Waals surface area contributed by atoms with Crippen molar-refractivity contribution in [1.82, 2.24) is 5.32 Å². The Hall–Kier alpha value is -0.240. The second-order valence-electron chi connectivity index (χ2n) is 6.30. The molecule has 4 rings (SSSR count). The molecule has 1 amide bonds. The van der Waals surface area contributed by atoms with E-state index < -0.39 is 5.38 Å². The van der Waals surface area contributed by atoms with Crippen molar-refractivity contribution in [2.45, 2.75) is 56.4 Å². The largest absolute Gasteiger partial charge is 0.349 e. The van der Waals surface area contributed by atoms with E-state index in [1.807, 2.05) is 0 Å². The summed E-state index contributed by atoms with van der Waals surface area (Å²) in [7, 11) is 0. The highest BCUT2D eigenvalue weighted by Crippen LogP contribution is 2.55. The number of nitrogens with one attached hydrogen (secondary N) is 1. The van der Waals surface area contributed by atoms with E-state index in [0.29, 0.717) is 0 Å². The summed E-state index contributed by atoms with van der Waals surface area (Å²) in [5.74, 6) is 2.65. The number of carbonyl (C=O) groups is 1. The molecule has 4 saturated carbocycles. The van der Waals surface area contributed by atoms with E-state index in [2.05, 4.69) is 5.32 Å². The molecule has 4 aliphatic carbocycles. The predicted octanol–water partition coefficient (Wildman–Crippen LogP) is 2.70. The van der Waals surface area contributed by atoms with Crippen molar-refractivity contribution >= 4 is 17.5 Å². The highest BCUT2D eigenvalue weighted by molar-refractivity contribution is 6.30. The van der Waals surface area contributed by atoms with E-state index in [1.54, 1.807) is 6.92 Å². The Bertz CT molecular complexity index is 278. The molecule has 0 radical (unpaired) electrons. The van der Waals surface area contributed by atoms with Gasteiger partial charge in [-0.15, -0.1) is 11.6 Å². The summed E-state index contributed by atoms with van der Waals surface area (Å²) in [6.45, 7) is 1.76. The summed E-state index contributed by atoms with van der Waals surface area (Å²) in [4.78, 5) is 11.8. The van der Waals surface area contributed by atoms with E-state index in [-0.39, 0.29) is 11.4 Å². The third-order valence-electron chi connectivity index (χ3n) is 4.79. The van der Waals surface area contributed by atoms with Crippen molar-refractivity contribution in [3.63, 3.8) is 0 Å². The Labute approximate surface area is 102 Å². The summed E-state index contributed by atoms with van der Waals surface area (Å²) < 4.78 is 0. The van der Waals surface area contributed by atoms with Crippen LogP contribution in [0.5, 0.6) is 0 Å². The minimum Gasteiger partial charge on any atom is -0.349 e. The van der Waals surface area contributed by atoms with Crippen molar-refractivity contribution in [2.24, 2.45) is 17.8 Å². The molecule has 4 fully saturated rings. The Morgan fingerprint density at radius 2 is 1.62 bits per heavy atom. The molecular weight excluding hydrogens is 222 g/mol. The van der Waals surface area contributed by atoms with Gasteiger partial charge in [-0.25, -0.2) is 0 Å². The number of amides is 1. The number of carbonyl (C=O) groups excluding carboxylic acids is 1. The van der Waals surface area contributed by atoms with Crippen LogP contribution in [0.25, 0.3) is 0 Å². The molecule has 0 unspecified atom stereocenters. The number of hydrogen-bond acceptors (Lipinski definition) is 1. The van der Waals surface area contributed by atoms with Gasteiger partial charge in [0.25, 0.3) is 0 Å². The van der Waals surface area contributed by atoms with E-state index in [0.717, 1.165) is 17.8 Å². The highest BCUT2D eigenvalue weighted by Gasteiger charge is 2.51. The molecule has 0 aromatic carbocycles. The number of halogens is 1. The molecule has 0 aromatic rings. The normalized spacial score (nSPS) is 46.8. The highest BCUT2D eigenvalue weighted by atomic mass is 35.5. The smallest absolute Gasteiger partial charge is 0.238 e. The van der Waals surface area contributed by atoms with E-state index in [4.69, 9.17) is 11.6 Å². The molecule has 0 aromatic heterocycles. The molecule has 3 heteroatoms. The Kier molecular flexibility index (Phi) is 2.47. The quantitative estimate of drug-likeness (QED) is 0.740. The van der Waals surface area contributed by atoms with Gasteiger partial charge in [0, 0.05) is 5.54 Å². The maximum atomic E-state index is 11.8. The molecule has 2 nitrogen and oxygen atoms in total. The van der Waals surface area contributed by atoms with Gasteiger partial charge in [-0.3, -0.25) is 4.79 Å². The zero-order valence-corrected chi connectivity index (χ0v) is 10.6. The SMILES string of the molecule is C[C@H](Cl)C(=O)NC12CC3CC(CC(C3)C1)C2.